The molecule has 0 radical (unpaired) electrons. The van der Waals surface area contributed by atoms with Crippen LogP contribution < -0.4 is 0 Å². The Morgan fingerprint density at radius 1 is 1.21 bits per heavy atom. The van der Waals surface area contributed by atoms with Crippen LogP contribution in [0.3, 0.4) is 0 Å². The van der Waals surface area contributed by atoms with Gasteiger partial charge in [-0.1, -0.05) is 30.0 Å². The summed E-state index contributed by atoms with van der Waals surface area (Å²) in [7, 11) is 0. The second kappa shape index (κ2) is 11.5. The van der Waals surface area contributed by atoms with E-state index in [0.29, 0.717) is 32.8 Å². The van der Waals surface area contributed by atoms with Crippen molar-refractivity contribution in [3.8, 4) is 11.1 Å². The molecule has 0 aliphatic carbocycles. The fourth-order valence-electron chi connectivity index (χ4n) is 4.39. The van der Waals surface area contributed by atoms with Crippen LogP contribution >= 0.6 is 35.3 Å². The van der Waals surface area contributed by atoms with Gasteiger partial charge in [-0.3, -0.25) is 19.3 Å². The lowest BCUT2D eigenvalue weighted by Gasteiger charge is -2.32. The highest BCUT2D eigenvalue weighted by Gasteiger charge is 2.35. The Hall–Kier alpha value is -2.77. The lowest BCUT2D eigenvalue weighted by molar-refractivity contribution is -0.141. The molecular weight excluding hydrogens is 564 g/mol. The molecule has 1 atom stereocenters. The van der Waals surface area contributed by atoms with Gasteiger partial charge in [0.15, 0.2) is 0 Å². The molecule has 2 aromatic rings. The van der Waals surface area contributed by atoms with Crippen molar-refractivity contribution in [2.24, 2.45) is 5.92 Å². The molecule has 0 spiro atoms. The number of hydrogen-bond donors (Lipinski definition) is 1. The number of nitrogens with zero attached hydrogens (tertiary/aromatic N) is 2. The molecular formula is C25H22F4N2O4S3. The maximum Gasteiger partial charge on any atom is 0.419 e. The minimum Gasteiger partial charge on any atom is -0.481 e. The zero-order valence-corrected chi connectivity index (χ0v) is 22.2. The summed E-state index contributed by atoms with van der Waals surface area (Å²) in [6.45, 7) is 1.02. The number of thiocarbonyl (C=S) groups is 1. The number of thioether (sulfide) groups is 1. The lowest BCUT2D eigenvalue weighted by Crippen LogP contribution is -2.42. The van der Waals surface area contributed by atoms with Gasteiger partial charge in [-0.05, 0) is 59.5 Å². The zero-order valence-electron chi connectivity index (χ0n) is 19.8. The van der Waals surface area contributed by atoms with Crippen LogP contribution in [0.15, 0.2) is 34.6 Å². The van der Waals surface area contributed by atoms with Crippen LogP contribution in [0.5, 0.6) is 0 Å². The van der Waals surface area contributed by atoms with Gasteiger partial charge in [0.25, 0.3) is 5.91 Å². The second-order valence-corrected chi connectivity index (χ2v) is 11.6. The lowest BCUT2D eigenvalue weighted by atomic mass is 9.94. The molecule has 0 bridgehead atoms. The molecule has 13 heteroatoms. The Kier molecular flexibility index (Phi) is 8.58. The van der Waals surface area contributed by atoms with Gasteiger partial charge in [0, 0.05) is 37.4 Å². The maximum atomic E-state index is 13.6. The molecule has 2 amide bonds. The Balaban J connectivity index is 1.40. The largest absolute Gasteiger partial charge is 0.481 e. The predicted octanol–water partition coefficient (Wildman–Crippen LogP) is 5.88. The van der Waals surface area contributed by atoms with E-state index in [2.05, 4.69) is 0 Å². The number of carbonyl (C=O) groups is 3. The number of likely N-dealkylation sites (tertiary alicyclic amines) is 1. The summed E-state index contributed by atoms with van der Waals surface area (Å²) >= 11 is 7.61. The minimum atomic E-state index is -4.82. The second-order valence-electron chi connectivity index (χ2n) is 8.96. The van der Waals surface area contributed by atoms with Gasteiger partial charge in [0.2, 0.25) is 5.91 Å². The Morgan fingerprint density at radius 2 is 1.97 bits per heavy atom. The third-order valence-corrected chi connectivity index (χ3v) is 8.51. The van der Waals surface area contributed by atoms with Crippen LogP contribution in [-0.4, -0.2) is 56.6 Å². The molecule has 6 nitrogen and oxygen atoms in total. The van der Waals surface area contributed by atoms with Crippen LogP contribution in [0, 0.1) is 11.7 Å². The fourth-order valence-corrected chi connectivity index (χ4v) is 6.62. The van der Waals surface area contributed by atoms with Crippen molar-refractivity contribution in [3.05, 3.63) is 50.8 Å². The van der Waals surface area contributed by atoms with E-state index in [1.54, 1.807) is 22.4 Å². The van der Waals surface area contributed by atoms with E-state index in [9.17, 15) is 31.9 Å². The first-order valence-corrected chi connectivity index (χ1v) is 13.7. The number of piperidine rings is 1. The van der Waals surface area contributed by atoms with Crippen molar-refractivity contribution < 1.29 is 37.1 Å². The third kappa shape index (κ3) is 6.62. The highest BCUT2D eigenvalue weighted by Crippen LogP contribution is 2.37. The molecule has 202 valence electrons. The fraction of sp³-hybridized carbons (Fsp3) is 0.360. The number of benzene rings is 1. The number of carboxylic acid groups (broad SMARTS) is 1. The standard InChI is InChI=1S/C25H22F4N2O4S3/c26-19-4-3-15(10-18(19)25(27,28)29)16-9-17(37-13-16)11-20-23(35)31(24(36)38-20)7-5-21(32)30-6-1-2-14(12-30)8-22(33)34/h3-4,9-11,13-14H,1-2,5-8,12H2,(H,33,34)/t14-/m0/s1. The zero-order chi connectivity index (χ0) is 27.6. The van der Waals surface area contributed by atoms with E-state index >= 15 is 0 Å². The first kappa shape index (κ1) is 28.2. The van der Waals surface area contributed by atoms with E-state index in [1.165, 1.54) is 22.3 Å². The van der Waals surface area contributed by atoms with Crippen molar-refractivity contribution in [2.75, 3.05) is 19.6 Å². The normalized spacial score (nSPS) is 19.5. The number of carbonyl (C=O) groups excluding carboxylic acids is 2. The van der Waals surface area contributed by atoms with Gasteiger partial charge in [0.1, 0.15) is 10.1 Å². The number of thiophene rings is 1. The molecule has 1 aromatic heterocycles. The molecule has 1 N–H and O–H groups in total. The number of hydrogen-bond acceptors (Lipinski definition) is 6. The monoisotopic (exact) mass is 586 g/mol. The van der Waals surface area contributed by atoms with Gasteiger partial charge in [-0.25, -0.2) is 4.39 Å². The molecule has 2 aliphatic heterocycles. The highest BCUT2D eigenvalue weighted by molar-refractivity contribution is 8.26. The summed E-state index contributed by atoms with van der Waals surface area (Å²) in [4.78, 5) is 40.5. The van der Waals surface area contributed by atoms with Gasteiger partial charge < -0.3 is 10.0 Å². The predicted molar refractivity (Wildman–Crippen MR) is 141 cm³/mol. The van der Waals surface area contributed by atoms with Crippen LogP contribution in [0.2, 0.25) is 0 Å². The van der Waals surface area contributed by atoms with E-state index in [4.69, 9.17) is 17.3 Å². The van der Waals surface area contributed by atoms with Gasteiger partial charge in [0.05, 0.1) is 10.5 Å². The van der Waals surface area contributed by atoms with Gasteiger partial charge in [-0.15, -0.1) is 11.3 Å². The average molecular weight is 587 g/mol. The van der Waals surface area contributed by atoms with Gasteiger partial charge >= 0.3 is 12.1 Å². The summed E-state index contributed by atoms with van der Waals surface area (Å²) in [6.07, 6.45) is -1.68. The van der Waals surface area contributed by atoms with Crippen molar-refractivity contribution in [1.82, 2.24) is 9.80 Å². The van der Waals surface area contributed by atoms with Gasteiger partial charge in [-0.2, -0.15) is 13.2 Å². The average Bonchev–Trinajstić information content (AvgIpc) is 3.41. The first-order valence-electron chi connectivity index (χ1n) is 11.6. The number of alkyl halides is 3. The molecule has 2 fully saturated rings. The van der Waals surface area contributed by atoms with Crippen LogP contribution in [0.4, 0.5) is 17.6 Å². The summed E-state index contributed by atoms with van der Waals surface area (Å²) in [5, 5.41) is 10.6. The molecule has 3 heterocycles. The van der Waals surface area contributed by atoms with Crippen molar-refractivity contribution in [2.45, 2.75) is 31.9 Å². The van der Waals surface area contributed by atoms with E-state index in [-0.39, 0.29) is 42.7 Å². The van der Waals surface area contributed by atoms with Crippen molar-refractivity contribution >= 4 is 63.5 Å². The SMILES string of the molecule is O=C(O)C[C@@H]1CCCN(C(=O)CCN2C(=O)C(=Cc3cc(-c4ccc(F)c(C(F)(F)F)c4)cs3)SC2=S)C1. The summed E-state index contributed by atoms with van der Waals surface area (Å²) in [5.41, 5.74) is -0.695. The molecule has 4 rings (SSSR count). The van der Waals surface area contributed by atoms with Crippen LogP contribution in [0.25, 0.3) is 17.2 Å². The topological polar surface area (TPSA) is 77.9 Å². The number of rotatable bonds is 7. The number of amides is 2. The summed E-state index contributed by atoms with van der Waals surface area (Å²) in [6, 6.07) is 4.40. The third-order valence-electron chi connectivity index (χ3n) is 6.26. The van der Waals surface area contributed by atoms with Crippen molar-refractivity contribution in [1.29, 1.82) is 0 Å². The Labute approximate surface area is 229 Å². The Bertz CT molecular complexity index is 1310. The van der Waals surface area contributed by atoms with E-state index < -0.39 is 23.5 Å². The highest BCUT2D eigenvalue weighted by atomic mass is 32.2. The number of aliphatic carboxylic acids is 1. The quantitative estimate of drug-likeness (QED) is 0.248. The minimum absolute atomic E-state index is 0.0123. The molecule has 2 saturated heterocycles. The number of halogens is 4. The van der Waals surface area contributed by atoms with Crippen molar-refractivity contribution in [3.63, 3.8) is 0 Å². The summed E-state index contributed by atoms with van der Waals surface area (Å²) in [5.74, 6) is -2.87. The summed E-state index contributed by atoms with van der Waals surface area (Å²) < 4.78 is 53.1. The molecule has 2 aliphatic rings. The Morgan fingerprint density at radius 3 is 2.68 bits per heavy atom. The first-order chi connectivity index (χ1) is 17.9. The number of carboxylic acids is 1. The maximum absolute atomic E-state index is 13.6. The molecule has 38 heavy (non-hydrogen) atoms. The smallest absolute Gasteiger partial charge is 0.419 e. The molecule has 1 aromatic carbocycles. The van der Waals surface area contributed by atoms with Crippen LogP contribution in [-0.2, 0) is 20.6 Å². The van der Waals surface area contributed by atoms with E-state index in [1.807, 2.05) is 0 Å². The van der Waals surface area contributed by atoms with E-state index in [0.717, 1.165) is 36.7 Å². The molecule has 0 saturated carbocycles. The van der Waals surface area contributed by atoms with Crippen LogP contribution in [0.1, 0.15) is 36.1 Å². The molecule has 0 unspecified atom stereocenters.